The maximum Gasteiger partial charge on any atom is 0.220 e. The van der Waals surface area contributed by atoms with E-state index in [9.17, 15) is 4.79 Å². The first-order valence-corrected chi connectivity index (χ1v) is 8.40. The average molecular weight is 304 g/mol. The van der Waals surface area contributed by atoms with Gasteiger partial charge < -0.3 is 11.1 Å². The molecule has 1 rings (SSSR count). The highest BCUT2D eigenvalue weighted by molar-refractivity contribution is 5.76. The molecule has 0 radical (unpaired) electrons. The van der Waals surface area contributed by atoms with Crippen LogP contribution in [-0.4, -0.2) is 12.5 Å². The van der Waals surface area contributed by atoms with Crippen molar-refractivity contribution in [2.24, 2.45) is 11.1 Å². The summed E-state index contributed by atoms with van der Waals surface area (Å²) in [6, 6.07) is 8.45. The molecule has 0 saturated carbocycles. The maximum absolute atomic E-state index is 12.3. The van der Waals surface area contributed by atoms with Gasteiger partial charge >= 0.3 is 0 Å². The molecule has 3 nitrogen and oxygen atoms in total. The van der Waals surface area contributed by atoms with E-state index in [4.69, 9.17) is 5.73 Å². The van der Waals surface area contributed by atoms with Crippen LogP contribution in [0, 0.1) is 12.3 Å². The largest absolute Gasteiger partial charge is 0.349 e. The minimum atomic E-state index is -0.0109. The predicted octanol–water partition coefficient (Wildman–Crippen LogP) is 4.11. The number of amides is 1. The Morgan fingerprint density at radius 1 is 1.18 bits per heavy atom. The summed E-state index contributed by atoms with van der Waals surface area (Å²) in [5, 5.41) is 3.23. The summed E-state index contributed by atoms with van der Waals surface area (Å²) in [6.07, 6.45) is 4.79. The van der Waals surface area contributed by atoms with E-state index in [0.29, 0.717) is 6.42 Å². The van der Waals surface area contributed by atoms with Gasteiger partial charge in [-0.1, -0.05) is 63.4 Å². The zero-order chi connectivity index (χ0) is 16.6. The fourth-order valence-corrected chi connectivity index (χ4v) is 2.67. The van der Waals surface area contributed by atoms with Crippen molar-refractivity contribution in [1.82, 2.24) is 5.32 Å². The molecule has 0 aromatic heterocycles. The summed E-state index contributed by atoms with van der Waals surface area (Å²) in [5.74, 6) is 0.147. The van der Waals surface area contributed by atoms with Crippen LogP contribution in [0.1, 0.15) is 70.0 Å². The second kappa shape index (κ2) is 8.94. The van der Waals surface area contributed by atoms with Crippen LogP contribution >= 0.6 is 0 Å². The quantitative estimate of drug-likeness (QED) is 0.710. The summed E-state index contributed by atoms with van der Waals surface area (Å²) in [7, 11) is 0. The number of unbranched alkanes of at least 4 members (excludes halogenated alkanes) is 3. The lowest BCUT2D eigenvalue weighted by Crippen LogP contribution is -2.36. The normalized spacial score (nSPS) is 13.0. The van der Waals surface area contributed by atoms with Crippen LogP contribution in [0.15, 0.2) is 24.3 Å². The maximum atomic E-state index is 12.3. The van der Waals surface area contributed by atoms with Crippen molar-refractivity contribution in [3.8, 4) is 0 Å². The van der Waals surface area contributed by atoms with E-state index >= 15 is 0 Å². The predicted molar refractivity (Wildman–Crippen MR) is 93.7 cm³/mol. The summed E-state index contributed by atoms with van der Waals surface area (Å²) in [4.78, 5) is 12.3. The van der Waals surface area contributed by atoms with E-state index in [-0.39, 0.29) is 17.4 Å². The summed E-state index contributed by atoms with van der Waals surface area (Å²) < 4.78 is 0. The van der Waals surface area contributed by atoms with Crippen LogP contribution in [0.25, 0.3) is 0 Å². The first-order valence-electron chi connectivity index (χ1n) is 8.40. The fourth-order valence-electron chi connectivity index (χ4n) is 2.67. The molecule has 3 N–H and O–H groups in total. The van der Waals surface area contributed by atoms with Crippen LogP contribution in [0.3, 0.4) is 0 Å². The summed E-state index contributed by atoms with van der Waals surface area (Å²) >= 11 is 0. The minimum Gasteiger partial charge on any atom is -0.349 e. The van der Waals surface area contributed by atoms with Crippen molar-refractivity contribution in [2.45, 2.75) is 65.8 Å². The molecule has 1 amide bonds. The summed E-state index contributed by atoms with van der Waals surface area (Å²) in [6.45, 7) is 9.33. The van der Waals surface area contributed by atoms with Gasteiger partial charge in [0.2, 0.25) is 5.91 Å². The molecule has 0 saturated heterocycles. The lowest BCUT2D eigenvalue weighted by atomic mass is 9.82. The fraction of sp³-hybridized carbons (Fsp3) is 0.632. The number of rotatable bonds is 8. The van der Waals surface area contributed by atoms with Crippen LogP contribution in [0.5, 0.6) is 0 Å². The topological polar surface area (TPSA) is 55.1 Å². The molecule has 0 bridgehead atoms. The van der Waals surface area contributed by atoms with Gasteiger partial charge in [-0.2, -0.15) is 0 Å². The van der Waals surface area contributed by atoms with E-state index in [2.05, 4.69) is 57.3 Å². The number of hydrogen-bond acceptors (Lipinski definition) is 2. The molecular weight excluding hydrogens is 272 g/mol. The molecule has 0 aliphatic heterocycles. The Morgan fingerprint density at radius 2 is 1.86 bits per heavy atom. The van der Waals surface area contributed by atoms with Crippen molar-refractivity contribution < 1.29 is 4.79 Å². The van der Waals surface area contributed by atoms with Gasteiger partial charge in [0.15, 0.2) is 0 Å². The molecule has 1 unspecified atom stereocenters. The monoisotopic (exact) mass is 304 g/mol. The number of carbonyl (C=O) groups excluding carboxylic acids is 1. The van der Waals surface area contributed by atoms with Gasteiger partial charge in [0, 0.05) is 6.42 Å². The number of nitrogens with one attached hydrogen (secondary N) is 1. The Balaban J connectivity index is 2.61. The molecule has 124 valence electrons. The number of benzene rings is 1. The van der Waals surface area contributed by atoms with Crippen molar-refractivity contribution in [3.63, 3.8) is 0 Å². The Morgan fingerprint density at radius 3 is 2.45 bits per heavy atom. The lowest BCUT2D eigenvalue weighted by Gasteiger charge is -2.32. The smallest absolute Gasteiger partial charge is 0.220 e. The molecule has 0 heterocycles. The Labute approximate surface area is 135 Å². The van der Waals surface area contributed by atoms with E-state index in [0.717, 1.165) is 32.2 Å². The molecule has 3 heteroatoms. The molecule has 1 aromatic carbocycles. The standard InChI is InChI=1S/C19H32N2O/c1-15-10-9-11-16(14-15)18(19(2,3)4)21-17(22)12-7-5-6-8-13-20/h9-11,14,18H,5-8,12-13,20H2,1-4H3,(H,21,22). The third-order valence-electron chi connectivity index (χ3n) is 3.90. The number of aryl methyl sites for hydroxylation is 1. The van der Waals surface area contributed by atoms with Crippen molar-refractivity contribution >= 4 is 5.91 Å². The molecule has 0 fully saturated rings. The van der Waals surface area contributed by atoms with E-state index in [1.165, 1.54) is 11.1 Å². The number of hydrogen-bond donors (Lipinski definition) is 2. The van der Waals surface area contributed by atoms with Crippen LogP contribution in [0.4, 0.5) is 0 Å². The Hall–Kier alpha value is -1.35. The first-order chi connectivity index (χ1) is 10.3. The van der Waals surface area contributed by atoms with Crippen molar-refractivity contribution in [2.75, 3.05) is 6.54 Å². The van der Waals surface area contributed by atoms with Gasteiger partial charge in [0.05, 0.1) is 6.04 Å². The second-order valence-electron chi connectivity index (χ2n) is 7.23. The molecule has 1 atom stereocenters. The number of nitrogens with two attached hydrogens (primary N) is 1. The van der Waals surface area contributed by atoms with Gasteiger partial charge in [-0.25, -0.2) is 0 Å². The highest BCUT2D eigenvalue weighted by Crippen LogP contribution is 2.33. The van der Waals surface area contributed by atoms with Gasteiger partial charge in [0.25, 0.3) is 0 Å². The molecule has 0 aliphatic carbocycles. The zero-order valence-electron chi connectivity index (χ0n) is 14.6. The zero-order valence-corrected chi connectivity index (χ0v) is 14.6. The number of carbonyl (C=O) groups is 1. The third kappa shape index (κ3) is 6.61. The van der Waals surface area contributed by atoms with Crippen LogP contribution < -0.4 is 11.1 Å². The lowest BCUT2D eigenvalue weighted by molar-refractivity contribution is -0.122. The molecule has 1 aromatic rings. The van der Waals surface area contributed by atoms with Gasteiger partial charge in [0.1, 0.15) is 0 Å². The van der Waals surface area contributed by atoms with Gasteiger partial charge in [-0.05, 0) is 37.3 Å². The Bertz CT molecular complexity index is 463. The van der Waals surface area contributed by atoms with E-state index in [1.54, 1.807) is 0 Å². The van der Waals surface area contributed by atoms with Crippen molar-refractivity contribution in [3.05, 3.63) is 35.4 Å². The van der Waals surface area contributed by atoms with Gasteiger partial charge in [-0.15, -0.1) is 0 Å². The summed E-state index contributed by atoms with van der Waals surface area (Å²) in [5.41, 5.74) is 7.88. The minimum absolute atomic E-state index is 0.0109. The van der Waals surface area contributed by atoms with Crippen LogP contribution in [0.2, 0.25) is 0 Å². The molecule has 22 heavy (non-hydrogen) atoms. The second-order valence-corrected chi connectivity index (χ2v) is 7.23. The average Bonchev–Trinajstić information content (AvgIpc) is 2.43. The molecule has 0 aliphatic rings. The Kier molecular flexibility index (Phi) is 7.60. The SMILES string of the molecule is Cc1cccc(C(NC(=O)CCCCCCN)C(C)(C)C)c1. The van der Waals surface area contributed by atoms with Crippen molar-refractivity contribution in [1.29, 1.82) is 0 Å². The third-order valence-corrected chi connectivity index (χ3v) is 3.90. The molecule has 0 spiro atoms. The highest BCUT2D eigenvalue weighted by atomic mass is 16.1. The van der Waals surface area contributed by atoms with E-state index < -0.39 is 0 Å². The first kappa shape index (κ1) is 18.7. The van der Waals surface area contributed by atoms with E-state index in [1.807, 2.05) is 0 Å². The highest BCUT2D eigenvalue weighted by Gasteiger charge is 2.27. The molecular formula is C19H32N2O. The van der Waals surface area contributed by atoms with Gasteiger partial charge in [-0.3, -0.25) is 4.79 Å². The van der Waals surface area contributed by atoms with Crippen LogP contribution in [-0.2, 0) is 4.79 Å².